The normalized spacial score (nSPS) is 11.6. The molecule has 0 saturated carbocycles. The van der Waals surface area contributed by atoms with Crippen molar-refractivity contribution < 1.29 is 9.53 Å². The largest absolute Gasteiger partial charge is 0.437 e. The first kappa shape index (κ1) is 13.3. The molecule has 1 rings (SSSR count). The summed E-state index contributed by atoms with van der Waals surface area (Å²) < 4.78 is 5.26. The Morgan fingerprint density at radius 3 is 2.65 bits per heavy atom. The fourth-order valence-electron chi connectivity index (χ4n) is 1.39. The summed E-state index contributed by atoms with van der Waals surface area (Å²) in [5, 5.41) is 2.67. The third-order valence-electron chi connectivity index (χ3n) is 2.37. The number of amides is 1. The van der Waals surface area contributed by atoms with Crippen molar-refractivity contribution in [1.82, 2.24) is 5.32 Å². The predicted molar refractivity (Wildman–Crippen MR) is 68.9 cm³/mol. The molecule has 0 aliphatic rings. The van der Waals surface area contributed by atoms with Crippen LogP contribution in [0.1, 0.15) is 30.6 Å². The van der Waals surface area contributed by atoms with Crippen LogP contribution in [0.5, 0.6) is 0 Å². The summed E-state index contributed by atoms with van der Waals surface area (Å²) in [6, 6.07) is 7.85. The Balaban J connectivity index is 2.62. The highest BCUT2D eigenvalue weighted by Crippen LogP contribution is 2.18. The zero-order valence-corrected chi connectivity index (χ0v) is 10.4. The number of rotatable bonds is 5. The Morgan fingerprint density at radius 1 is 1.47 bits per heavy atom. The van der Waals surface area contributed by atoms with Crippen LogP contribution >= 0.6 is 0 Å². The van der Waals surface area contributed by atoms with Gasteiger partial charge in [0, 0.05) is 6.54 Å². The number of ether oxygens (including phenoxy) is 1. The van der Waals surface area contributed by atoms with Gasteiger partial charge in [-0.05, 0) is 25.0 Å². The summed E-state index contributed by atoms with van der Waals surface area (Å²) >= 11 is 0. The third-order valence-corrected chi connectivity index (χ3v) is 2.37. The minimum atomic E-state index is -0.405. The van der Waals surface area contributed by atoms with Gasteiger partial charge in [-0.1, -0.05) is 43.3 Å². The predicted octanol–water partition coefficient (Wildman–Crippen LogP) is 3.36. The Labute approximate surface area is 102 Å². The van der Waals surface area contributed by atoms with E-state index in [9.17, 15) is 4.79 Å². The second-order valence-electron chi connectivity index (χ2n) is 3.90. The highest BCUT2D eigenvalue weighted by molar-refractivity contribution is 5.67. The van der Waals surface area contributed by atoms with Crippen molar-refractivity contribution in [2.24, 2.45) is 0 Å². The Morgan fingerprint density at radius 2 is 2.12 bits per heavy atom. The molecule has 0 unspecified atom stereocenters. The van der Waals surface area contributed by atoms with Gasteiger partial charge in [-0.2, -0.15) is 0 Å². The molecule has 1 amide bonds. The lowest BCUT2D eigenvalue weighted by Crippen LogP contribution is -2.26. The lowest BCUT2D eigenvalue weighted by molar-refractivity contribution is 0.120. The van der Waals surface area contributed by atoms with Crippen molar-refractivity contribution in [3.63, 3.8) is 0 Å². The molecule has 0 heterocycles. The van der Waals surface area contributed by atoms with Gasteiger partial charge in [0.05, 0.1) is 0 Å². The van der Waals surface area contributed by atoms with Crippen LogP contribution in [0.3, 0.4) is 0 Å². The molecular weight excluding hydrogens is 214 g/mol. The number of hydrogen-bond donors (Lipinski definition) is 1. The van der Waals surface area contributed by atoms with Gasteiger partial charge in [-0.15, -0.1) is 0 Å². The molecule has 0 fully saturated rings. The molecule has 0 saturated heterocycles. The van der Waals surface area contributed by atoms with Gasteiger partial charge in [0.15, 0.2) is 0 Å². The molecular formula is C14H19NO2. The van der Waals surface area contributed by atoms with E-state index in [2.05, 4.69) is 11.9 Å². The summed E-state index contributed by atoms with van der Waals surface area (Å²) in [6.45, 7) is 8.32. The maximum atomic E-state index is 11.4. The Bertz CT molecular complexity index is 370. The van der Waals surface area contributed by atoms with Crippen LogP contribution in [-0.4, -0.2) is 12.6 Å². The average molecular weight is 233 g/mol. The first-order chi connectivity index (χ1) is 8.17. The van der Waals surface area contributed by atoms with E-state index in [0.717, 1.165) is 12.0 Å². The van der Waals surface area contributed by atoms with Crippen LogP contribution in [0.25, 0.3) is 0 Å². The fourth-order valence-corrected chi connectivity index (χ4v) is 1.39. The van der Waals surface area contributed by atoms with Crippen LogP contribution in [-0.2, 0) is 4.74 Å². The van der Waals surface area contributed by atoms with Gasteiger partial charge in [0.1, 0.15) is 6.10 Å². The molecule has 1 N–H and O–H groups in total. The molecule has 1 aromatic rings. The van der Waals surface area contributed by atoms with Gasteiger partial charge < -0.3 is 10.1 Å². The van der Waals surface area contributed by atoms with Crippen LogP contribution in [0, 0.1) is 6.92 Å². The molecule has 1 atom stereocenters. The molecule has 0 spiro atoms. The topological polar surface area (TPSA) is 38.3 Å². The van der Waals surface area contributed by atoms with E-state index in [1.165, 1.54) is 5.56 Å². The third kappa shape index (κ3) is 4.31. The maximum absolute atomic E-state index is 11.4. The number of alkyl carbamates (subject to hydrolysis) is 1. The number of benzene rings is 1. The van der Waals surface area contributed by atoms with E-state index in [1.54, 1.807) is 6.08 Å². The quantitative estimate of drug-likeness (QED) is 0.792. The van der Waals surface area contributed by atoms with Gasteiger partial charge in [-0.25, -0.2) is 4.79 Å². The molecule has 0 aromatic heterocycles. The van der Waals surface area contributed by atoms with Gasteiger partial charge in [0.2, 0.25) is 0 Å². The van der Waals surface area contributed by atoms with Crippen LogP contribution < -0.4 is 5.32 Å². The van der Waals surface area contributed by atoms with E-state index in [1.807, 2.05) is 38.1 Å². The van der Waals surface area contributed by atoms with Crippen molar-refractivity contribution >= 4 is 6.09 Å². The first-order valence-electron chi connectivity index (χ1n) is 5.81. The molecule has 0 aliphatic carbocycles. The molecule has 0 bridgehead atoms. The van der Waals surface area contributed by atoms with Gasteiger partial charge in [0.25, 0.3) is 0 Å². The summed E-state index contributed by atoms with van der Waals surface area (Å²) in [5.41, 5.74) is 2.10. The summed E-state index contributed by atoms with van der Waals surface area (Å²) in [4.78, 5) is 11.4. The maximum Gasteiger partial charge on any atom is 0.408 e. The molecule has 0 radical (unpaired) electrons. The minimum Gasteiger partial charge on any atom is -0.437 e. The van der Waals surface area contributed by atoms with Crippen molar-refractivity contribution in [3.8, 4) is 0 Å². The highest BCUT2D eigenvalue weighted by Gasteiger charge is 2.12. The number of nitrogens with one attached hydrogen (secondary N) is 1. The first-order valence-corrected chi connectivity index (χ1v) is 5.81. The smallest absolute Gasteiger partial charge is 0.408 e. The zero-order chi connectivity index (χ0) is 12.7. The lowest BCUT2D eigenvalue weighted by Gasteiger charge is -2.15. The standard InChI is InChI=1S/C14H19NO2/c1-4-10-15-14(16)17-13(5-2)12-8-6-11(3)7-9-12/h5-9,13H,2,4,10H2,1,3H3,(H,15,16)/t13-/m1/s1. The molecule has 3 heteroatoms. The van der Waals surface area contributed by atoms with Gasteiger partial charge in [-0.3, -0.25) is 0 Å². The van der Waals surface area contributed by atoms with Crippen molar-refractivity contribution in [3.05, 3.63) is 48.0 Å². The number of hydrogen-bond acceptors (Lipinski definition) is 2. The number of carbonyl (C=O) groups is 1. The fraction of sp³-hybridized carbons (Fsp3) is 0.357. The van der Waals surface area contributed by atoms with E-state index < -0.39 is 12.2 Å². The average Bonchev–Trinajstić information content (AvgIpc) is 2.34. The van der Waals surface area contributed by atoms with Crippen molar-refractivity contribution in [1.29, 1.82) is 0 Å². The second kappa shape index (κ2) is 6.74. The van der Waals surface area contributed by atoms with E-state index in [4.69, 9.17) is 4.74 Å². The number of carbonyl (C=O) groups excluding carboxylic acids is 1. The minimum absolute atomic E-state index is 0.396. The number of aryl methyl sites for hydroxylation is 1. The van der Waals surface area contributed by atoms with Crippen LogP contribution in [0.2, 0.25) is 0 Å². The summed E-state index contributed by atoms with van der Waals surface area (Å²) in [6.07, 6.45) is 1.71. The molecule has 0 aliphatic heterocycles. The molecule has 17 heavy (non-hydrogen) atoms. The zero-order valence-electron chi connectivity index (χ0n) is 10.4. The van der Waals surface area contributed by atoms with Gasteiger partial charge >= 0.3 is 6.09 Å². The molecule has 1 aromatic carbocycles. The van der Waals surface area contributed by atoms with Crippen LogP contribution in [0.15, 0.2) is 36.9 Å². The Hall–Kier alpha value is -1.77. The SMILES string of the molecule is C=C[C@@H](OC(=O)NCCC)c1ccc(C)cc1. The molecule has 3 nitrogen and oxygen atoms in total. The highest BCUT2D eigenvalue weighted by atomic mass is 16.6. The second-order valence-corrected chi connectivity index (χ2v) is 3.90. The Kier molecular flexibility index (Phi) is 5.27. The van der Waals surface area contributed by atoms with E-state index in [-0.39, 0.29) is 0 Å². The lowest BCUT2D eigenvalue weighted by atomic mass is 10.1. The van der Waals surface area contributed by atoms with Crippen molar-refractivity contribution in [2.75, 3.05) is 6.54 Å². The van der Waals surface area contributed by atoms with E-state index >= 15 is 0 Å². The monoisotopic (exact) mass is 233 g/mol. The van der Waals surface area contributed by atoms with E-state index in [0.29, 0.717) is 6.54 Å². The van der Waals surface area contributed by atoms with Crippen LogP contribution in [0.4, 0.5) is 4.79 Å². The summed E-state index contributed by atoms with van der Waals surface area (Å²) in [5.74, 6) is 0. The summed E-state index contributed by atoms with van der Waals surface area (Å²) in [7, 11) is 0. The van der Waals surface area contributed by atoms with Crippen molar-refractivity contribution in [2.45, 2.75) is 26.4 Å². The molecule has 92 valence electrons.